The SMILES string of the molecule is Nc1ccc(-c2nc(-c3ccccc3O)nc(-c3ccccc3O)n2)cc1. The summed E-state index contributed by atoms with van der Waals surface area (Å²) in [5.41, 5.74) is 8.11. The molecule has 1 heterocycles. The molecule has 0 aliphatic rings. The maximum atomic E-state index is 10.2. The van der Waals surface area contributed by atoms with Crippen LogP contribution in [-0.2, 0) is 0 Å². The molecule has 0 fully saturated rings. The Morgan fingerprint density at radius 1 is 0.556 bits per heavy atom. The van der Waals surface area contributed by atoms with Crippen molar-refractivity contribution < 1.29 is 10.2 Å². The van der Waals surface area contributed by atoms with Gasteiger partial charge < -0.3 is 15.9 Å². The molecular formula is C21H16N4O2. The lowest BCUT2D eigenvalue weighted by Crippen LogP contribution is -2.00. The number of phenols is 2. The van der Waals surface area contributed by atoms with Gasteiger partial charge in [-0.1, -0.05) is 24.3 Å². The second-order valence-corrected chi connectivity index (χ2v) is 5.96. The highest BCUT2D eigenvalue weighted by Gasteiger charge is 2.15. The Kier molecular flexibility index (Phi) is 4.14. The van der Waals surface area contributed by atoms with Gasteiger partial charge in [0.05, 0.1) is 11.1 Å². The Bertz CT molecular complexity index is 1050. The quantitative estimate of drug-likeness (QED) is 0.481. The van der Waals surface area contributed by atoms with Crippen LogP contribution in [-0.4, -0.2) is 25.2 Å². The molecule has 6 nitrogen and oxygen atoms in total. The molecule has 0 saturated carbocycles. The summed E-state index contributed by atoms with van der Waals surface area (Å²) < 4.78 is 0. The minimum Gasteiger partial charge on any atom is -0.507 e. The van der Waals surface area contributed by atoms with E-state index in [1.807, 2.05) is 12.1 Å². The summed E-state index contributed by atoms with van der Waals surface area (Å²) in [5, 5.41) is 20.4. The van der Waals surface area contributed by atoms with Crippen LogP contribution < -0.4 is 5.73 Å². The van der Waals surface area contributed by atoms with Crippen molar-refractivity contribution in [2.75, 3.05) is 5.73 Å². The molecule has 132 valence electrons. The highest BCUT2D eigenvalue weighted by molar-refractivity contribution is 5.71. The number of anilines is 1. The van der Waals surface area contributed by atoms with Crippen LogP contribution in [0.15, 0.2) is 72.8 Å². The van der Waals surface area contributed by atoms with Gasteiger partial charge in [0.2, 0.25) is 0 Å². The fourth-order valence-electron chi connectivity index (χ4n) is 2.70. The first-order chi connectivity index (χ1) is 13.1. The number of aromatic hydroxyl groups is 2. The molecule has 4 aromatic rings. The third kappa shape index (κ3) is 3.28. The first kappa shape index (κ1) is 16.5. The zero-order chi connectivity index (χ0) is 18.8. The summed E-state index contributed by atoms with van der Waals surface area (Å²) in [7, 11) is 0. The normalized spacial score (nSPS) is 10.7. The third-order valence-corrected chi connectivity index (χ3v) is 4.09. The smallest absolute Gasteiger partial charge is 0.167 e. The monoisotopic (exact) mass is 356 g/mol. The third-order valence-electron chi connectivity index (χ3n) is 4.09. The Morgan fingerprint density at radius 3 is 1.48 bits per heavy atom. The molecule has 0 aliphatic carbocycles. The predicted octanol–water partition coefficient (Wildman–Crippen LogP) is 3.87. The molecule has 0 radical (unpaired) electrons. The molecule has 0 amide bonds. The van der Waals surface area contributed by atoms with Crippen LogP contribution in [0, 0.1) is 0 Å². The summed E-state index contributed by atoms with van der Waals surface area (Å²) in [6.07, 6.45) is 0. The summed E-state index contributed by atoms with van der Waals surface area (Å²) in [4.78, 5) is 13.5. The van der Waals surface area contributed by atoms with Gasteiger partial charge in [-0.05, 0) is 48.5 Å². The average Bonchev–Trinajstić information content (AvgIpc) is 2.69. The van der Waals surface area contributed by atoms with Crippen LogP contribution >= 0.6 is 0 Å². The molecule has 3 aromatic carbocycles. The van der Waals surface area contributed by atoms with Crippen LogP contribution in [0.4, 0.5) is 5.69 Å². The summed E-state index contributed by atoms with van der Waals surface area (Å²) >= 11 is 0. The zero-order valence-electron chi connectivity index (χ0n) is 14.2. The van der Waals surface area contributed by atoms with Crippen LogP contribution in [0.3, 0.4) is 0 Å². The molecule has 0 saturated heterocycles. The highest BCUT2D eigenvalue weighted by Crippen LogP contribution is 2.32. The summed E-state index contributed by atoms with van der Waals surface area (Å²) in [5.74, 6) is 1.17. The molecule has 4 N–H and O–H groups in total. The number of nitrogen functional groups attached to an aromatic ring is 1. The fourth-order valence-corrected chi connectivity index (χ4v) is 2.70. The second-order valence-electron chi connectivity index (χ2n) is 5.96. The van der Waals surface area contributed by atoms with Gasteiger partial charge in [-0.2, -0.15) is 0 Å². The van der Waals surface area contributed by atoms with Crippen molar-refractivity contribution in [3.8, 4) is 45.7 Å². The van der Waals surface area contributed by atoms with Gasteiger partial charge in [0.1, 0.15) is 11.5 Å². The molecule has 0 unspecified atom stereocenters. The van der Waals surface area contributed by atoms with E-state index in [9.17, 15) is 10.2 Å². The summed E-state index contributed by atoms with van der Waals surface area (Å²) in [6, 6.07) is 20.8. The van der Waals surface area contributed by atoms with Crippen molar-refractivity contribution in [3.63, 3.8) is 0 Å². The van der Waals surface area contributed by atoms with E-state index in [4.69, 9.17) is 5.73 Å². The number of hydrogen-bond acceptors (Lipinski definition) is 6. The first-order valence-corrected chi connectivity index (χ1v) is 8.30. The van der Waals surface area contributed by atoms with Crippen molar-refractivity contribution in [2.45, 2.75) is 0 Å². The standard InChI is InChI=1S/C21H16N4O2/c22-14-11-9-13(10-12-14)19-23-20(15-5-1-3-7-17(15)26)25-21(24-19)16-6-2-4-8-18(16)27/h1-12,26-27H,22H2. The minimum atomic E-state index is 0.0650. The van der Waals surface area contributed by atoms with E-state index < -0.39 is 0 Å². The Labute approximate surface area is 155 Å². The molecule has 0 atom stereocenters. The topological polar surface area (TPSA) is 105 Å². The number of hydrogen-bond donors (Lipinski definition) is 3. The van der Waals surface area contributed by atoms with Gasteiger partial charge >= 0.3 is 0 Å². The maximum Gasteiger partial charge on any atom is 0.167 e. The second kappa shape index (κ2) is 6.76. The predicted molar refractivity (Wildman–Crippen MR) is 104 cm³/mol. The van der Waals surface area contributed by atoms with Gasteiger partial charge in [-0.25, -0.2) is 15.0 Å². The van der Waals surface area contributed by atoms with Crippen LogP contribution in [0.5, 0.6) is 11.5 Å². The van der Waals surface area contributed by atoms with E-state index in [0.717, 1.165) is 5.56 Å². The fraction of sp³-hybridized carbons (Fsp3) is 0. The summed E-state index contributed by atoms with van der Waals surface area (Å²) in [6.45, 7) is 0. The van der Waals surface area contributed by atoms with E-state index in [-0.39, 0.29) is 11.5 Å². The largest absolute Gasteiger partial charge is 0.507 e. The van der Waals surface area contributed by atoms with Gasteiger partial charge in [-0.15, -0.1) is 0 Å². The van der Waals surface area contributed by atoms with Gasteiger partial charge in [0.15, 0.2) is 17.5 Å². The minimum absolute atomic E-state index is 0.0650. The van der Waals surface area contributed by atoms with Crippen molar-refractivity contribution in [1.29, 1.82) is 0 Å². The number of rotatable bonds is 3. The van der Waals surface area contributed by atoms with Gasteiger partial charge in [0.25, 0.3) is 0 Å². The van der Waals surface area contributed by atoms with Crippen molar-refractivity contribution in [2.24, 2.45) is 0 Å². The van der Waals surface area contributed by atoms with Gasteiger partial charge in [-0.3, -0.25) is 0 Å². The lowest BCUT2D eigenvalue weighted by Gasteiger charge is -2.10. The number of aromatic nitrogens is 3. The van der Waals surface area contributed by atoms with E-state index in [2.05, 4.69) is 15.0 Å². The molecule has 6 heteroatoms. The molecule has 1 aromatic heterocycles. The van der Waals surface area contributed by atoms with E-state index in [0.29, 0.717) is 34.3 Å². The van der Waals surface area contributed by atoms with Crippen LogP contribution in [0.1, 0.15) is 0 Å². The van der Waals surface area contributed by atoms with E-state index in [1.54, 1.807) is 60.7 Å². The van der Waals surface area contributed by atoms with Crippen molar-refractivity contribution >= 4 is 5.69 Å². The maximum absolute atomic E-state index is 10.2. The van der Waals surface area contributed by atoms with Crippen LogP contribution in [0.25, 0.3) is 34.2 Å². The average molecular weight is 356 g/mol. The lowest BCUT2D eigenvalue weighted by atomic mass is 10.1. The Hall–Kier alpha value is -3.93. The molecular weight excluding hydrogens is 340 g/mol. The first-order valence-electron chi connectivity index (χ1n) is 8.30. The molecule has 4 rings (SSSR count). The highest BCUT2D eigenvalue weighted by atomic mass is 16.3. The number of benzene rings is 3. The zero-order valence-corrected chi connectivity index (χ0v) is 14.2. The number of nitrogens with two attached hydrogens (primary N) is 1. The Morgan fingerprint density at radius 2 is 1.00 bits per heavy atom. The molecule has 0 bridgehead atoms. The molecule has 27 heavy (non-hydrogen) atoms. The number of nitrogens with zero attached hydrogens (tertiary/aromatic N) is 3. The number of para-hydroxylation sites is 2. The van der Waals surface area contributed by atoms with Crippen molar-refractivity contribution in [1.82, 2.24) is 15.0 Å². The molecule has 0 aliphatic heterocycles. The number of phenolic OH excluding ortho intramolecular Hbond substituents is 2. The van der Waals surface area contributed by atoms with Crippen molar-refractivity contribution in [3.05, 3.63) is 72.8 Å². The Balaban J connectivity index is 1.95. The van der Waals surface area contributed by atoms with Crippen LogP contribution in [0.2, 0.25) is 0 Å². The molecule has 0 spiro atoms. The van der Waals surface area contributed by atoms with E-state index >= 15 is 0 Å². The lowest BCUT2D eigenvalue weighted by molar-refractivity contribution is 0.477. The van der Waals surface area contributed by atoms with E-state index in [1.165, 1.54) is 0 Å². The van der Waals surface area contributed by atoms with Gasteiger partial charge in [0, 0.05) is 11.3 Å².